The minimum atomic E-state index is 0.892. The molecule has 0 amide bonds. The molecule has 0 saturated heterocycles. The van der Waals surface area contributed by atoms with Gasteiger partial charge in [0.05, 0.1) is 11.0 Å². The summed E-state index contributed by atoms with van der Waals surface area (Å²) < 4.78 is 9.18. The summed E-state index contributed by atoms with van der Waals surface area (Å²) in [5.41, 5.74) is 11.0. The highest BCUT2D eigenvalue weighted by Crippen LogP contribution is 2.46. The van der Waals surface area contributed by atoms with E-state index in [0.29, 0.717) is 0 Å². The van der Waals surface area contributed by atoms with E-state index in [1.807, 2.05) is 0 Å². The predicted octanol–water partition coefficient (Wildman–Crippen LogP) is 13.0. The number of hydrogen-bond donors (Lipinski definition) is 0. The van der Waals surface area contributed by atoms with Crippen molar-refractivity contribution in [3.8, 4) is 16.8 Å². The molecule has 0 bridgehead atoms. The van der Waals surface area contributed by atoms with Crippen LogP contribution in [0.15, 0.2) is 186 Å². The standard InChI is InChI=1S/C46H30N2O/c1-4-14-33(15-5-1)47(34-16-6-2-7-17-34)36-27-24-31(25-28-36)32-26-29-42-40(30-32)44-43-39-22-12-13-23-41(39)48(35-18-8-3-9-19-35)45(43)37-20-10-11-21-38(37)46(44)49-42/h1-30H. The van der Waals surface area contributed by atoms with Gasteiger partial charge in [-0.15, -0.1) is 0 Å². The monoisotopic (exact) mass is 626 g/mol. The van der Waals surface area contributed by atoms with E-state index in [4.69, 9.17) is 4.42 Å². The summed E-state index contributed by atoms with van der Waals surface area (Å²) in [4.78, 5) is 2.29. The first-order chi connectivity index (χ1) is 24.3. The van der Waals surface area contributed by atoms with Crippen molar-refractivity contribution in [1.29, 1.82) is 0 Å². The third kappa shape index (κ3) is 4.29. The minimum absolute atomic E-state index is 0.892. The van der Waals surface area contributed by atoms with Gasteiger partial charge in [-0.1, -0.05) is 115 Å². The molecular formula is C46H30N2O. The number of anilines is 3. The Morgan fingerprint density at radius 1 is 0.408 bits per heavy atom. The number of hydrogen-bond acceptors (Lipinski definition) is 2. The molecule has 0 atom stereocenters. The molecule has 0 saturated carbocycles. The summed E-state index contributed by atoms with van der Waals surface area (Å²) in [5, 5.41) is 7.03. The lowest BCUT2D eigenvalue weighted by molar-refractivity contribution is 0.673. The summed E-state index contributed by atoms with van der Waals surface area (Å²) in [6.45, 7) is 0. The van der Waals surface area contributed by atoms with E-state index < -0.39 is 0 Å². The van der Waals surface area contributed by atoms with Crippen LogP contribution < -0.4 is 4.90 Å². The molecule has 0 N–H and O–H groups in total. The molecule has 2 heterocycles. The molecule has 0 aliphatic carbocycles. The zero-order valence-corrected chi connectivity index (χ0v) is 26.6. The number of furan rings is 1. The average Bonchev–Trinajstić information content (AvgIpc) is 3.73. The lowest BCUT2D eigenvalue weighted by Gasteiger charge is -2.25. The van der Waals surface area contributed by atoms with Crippen LogP contribution in [0.25, 0.3) is 71.3 Å². The van der Waals surface area contributed by atoms with Crippen molar-refractivity contribution in [2.45, 2.75) is 0 Å². The minimum Gasteiger partial charge on any atom is -0.455 e. The van der Waals surface area contributed by atoms with Crippen molar-refractivity contribution in [3.63, 3.8) is 0 Å². The van der Waals surface area contributed by atoms with Gasteiger partial charge >= 0.3 is 0 Å². The highest BCUT2D eigenvalue weighted by Gasteiger charge is 2.23. The van der Waals surface area contributed by atoms with Gasteiger partial charge in [0.25, 0.3) is 0 Å². The second kappa shape index (κ2) is 11.0. The molecule has 3 nitrogen and oxygen atoms in total. The molecule has 8 aromatic carbocycles. The highest BCUT2D eigenvalue weighted by molar-refractivity contribution is 6.36. The Kier molecular flexibility index (Phi) is 6.18. The zero-order valence-electron chi connectivity index (χ0n) is 26.6. The second-order valence-corrected chi connectivity index (χ2v) is 12.5. The number of para-hydroxylation sites is 4. The molecule has 0 radical (unpaired) electrons. The summed E-state index contributed by atoms with van der Waals surface area (Å²) in [7, 11) is 0. The molecule has 2 aromatic heterocycles. The lowest BCUT2D eigenvalue weighted by Crippen LogP contribution is -2.09. The maximum Gasteiger partial charge on any atom is 0.144 e. The lowest BCUT2D eigenvalue weighted by atomic mass is 9.97. The van der Waals surface area contributed by atoms with Crippen molar-refractivity contribution in [1.82, 2.24) is 4.57 Å². The topological polar surface area (TPSA) is 21.3 Å². The fourth-order valence-electron chi connectivity index (χ4n) is 7.60. The first kappa shape index (κ1) is 27.5. The van der Waals surface area contributed by atoms with Crippen LogP contribution in [-0.2, 0) is 0 Å². The Morgan fingerprint density at radius 2 is 0.959 bits per heavy atom. The van der Waals surface area contributed by atoms with E-state index in [-0.39, 0.29) is 0 Å². The summed E-state index contributed by atoms with van der Waals surface area (Å²) in [5.74, 6) is 0. The van der Waals surface area contributed by atoms with Gasteiger partial charge in [0.2, 0.25) is 0 Å². The third-order valence-electron chi connectivity index (χ3n) is 9.74. The smallest absolute Gasteiger partial charge is 0.144 e. The van der Waals surface area contributed by atoms with E-state index >= 15 is 0 Å². The number of benzene rings is 8. The molecule has 10 aromatic rings. The van der Waals surface area contributed by atoms with Crippen LogP contribution in [0.2, 0.25) is 0 Å². The van der Waals surface area contributed by atoms with Gasteiger partial charge < -0.3 is 13.9 Å². The van der Waals surface area contributed by atoms with Crippen LogP contribution in [0.5, 0.6) is 0 Å². The van der Waals surface area contributed by atoms with E-state index in [1.165, 1.54) is 27.2 Å². The average molecular weight is 627 g/mol. The van der Waals surface area contributed by atoms with E-state index in [0.717, 1.165) is 61.2 Å². The van der Waals surface area contributed by atoms with E-state index in [1.54, 1.807) is 0 Å². The molecule has 10 rings (SSSR count). The van der Waals surface area contributed by atoms with Gasteiger partial charge in [0, 0.05) is 55.1 Å². The zero-order chi connectivity index (χ0) is 32.3. The Balaban J connectivity index is 1.20. The quantitative estimate of drug-likeness (QED) is 0.190. The molecule has 3 heteroatoms. The van der Waals surface area contributed by atoms with Crippen LogP contribution in [0.1, 0.15) is 0 Å². The van der Waals surface area contributed by atoms with Crippen LogP contribution in [0.3, 0.4) is 0 Å². The van der Waals surface area contributed by atoms with Gasteiger partial charge in [-0.25, -0.2) is 0 Å². The molecule has 0 fully saturated rings. The highest BCUT2D eigenvalue weighted by atomic mass is 16.3. The van der Waals surface area contributed by atoms with Crippen LogP contribution in [0, 0.1) is 0 Å². The summed E-state index contributed by atoms with van der Waals surface area (Å²) in [6, 6.07) is 64.6. The van der Waals surface area contributed by atoms with Crippen molar-refractivity contribution < 1.29 is 4.42 Å². The van der Waals surface area contributed by atoms with Gasteiger partial charge in [0.1, 0.15) is 11.2 Å². The van der Waals surface area contributed by atoms with Crippen molar-refractivity contribution in [3.05, 3.63) is 182 Å². The Hall–Kier alpha value is -6.58. The fourth-order valence-corrected chi connectivity index (χ4v) is 7.60. The number of fused-ring (bicyclic) bond motifs is 10. The SMILES string of the molecule is c1ccc(N(c2ccccc2)c2ccc(-c3ccc4oc5c6ccccc6c6c(c7ccccc7n6-c6ccccc6)c5c4c3)cc2)cc1. The van der Waals surface area contributed by atoms with Crippen LogP contribution in [-0.4, -0.2) is 4.57 Å². The summed E-state index contributed by atoms with van der Waals surface area (Å²) >= 11 is 0. The maximum atomic E-state index is 6.76. The van der Waals surface area contributed by atoms with Crippen molar-refractivity contribution >= 4 is 71.6 Å². The molecule has 230 valence electrons. The van der Waals surface area contributed by atoms with Crippen LogP contribution in [0.4, 0.5) is 17.1 Å². The molecular weight excluding hydrogens is 597 g/mol. The Morgan fingerprint density at radius 3 is 1.65 bits per heavy atom. The predicted molar refractivity (Wildman–Crippen MR) is 206 cm³/mol. The van der Waals surface area contributed by atoms with Gasteiger partial charge in [-0.2, -0.15) is 0 Å². The Bertz CT molecular complexity index is 2760. The molecule has 0 unspecified atom stereocenters. The first-order valence-electron chi connectivity index (χ1n) is 16.7. The fraction of sp³-hybridized carbons (Fsp3) is 0. The molecule has 0 aliphatic heterocycles. The molecule has 0 aliphatic rings. The number of rotatable bonds is 5. The molecule has 49 heavy (non-hydrogen) atoms. The van der Waals surface area contributed by atoms with Gasteiger partial charge in [-0.3, -0.25) is 0 Å². The summed E-state index contributed by atoms with van der Waals surface area (Å²) in [6.07, 6.45) is 0. The van der Waals surface area contributed by atoms with Gasteiger partial charge in [-0.05, 0) is 77.9 Å². The maximum absolute atomic E-state index is 6.76. The molecule has 0 spiro atoms. The Labute approximate surface area is 283 Å². The van der Waals surface area contributed by atoms with Crippen molar-refractivity contribution in [2.24, 2.45) is 0 Å². The largest absolute Gasteiger partial charge is 0.455 e. The van der Waals surface area contributed by atoms with Crippen LogP contribution >= 0.6 is 0 Å². The van der Waals surface area contributed by atoms with E-state index in [2.05, 4.69) is 191 Å². The third-order valence-corrected chi connectivity index (χ3v) is 9.74. The number of nitrogens with zero attached hydrogens (tertiary/aromatic N) is 2. The van der Waals surface area contributed by atoms with Gasteiger partial charge in [0.15, 0.2) is 0 Å². The van der Waals surface area contributed by atoms with Crippen molar-refractivity contribution in [2.75, 3.05) is 4.90 Å². The first-order valence-corrected chi connectivity index (χ1v) is 16.7. The normalized spacial score (nSPS) is 11.7. The van der Waals surface area contributed by atoms with E-state index in [9.17, 15) is 0 Å². The second-order valence-electron chi connectivity index (χ2n) is 12.5. The number of aromatic nitrogens is 1.